The minimum Gasteiger partial charge on any atom is -0.481 e. The Morgan fingerprint density at radius 1 is 0.414 bits per heavy atom. The van der Waals surface area contributed by atoms with E-state index in [0.29, 0.717) is 12.8 Å². The van der Waals surface area contributed by atoms with E-state index in [9.17, 15) is 9.59 Å². The quantitative estimate of drug-likeness (QED) is 0.185. The molecule has 29 heavy (non-hydrogen) atoms. The molecule has 0 heterocycles. The second-order valence-electron chi connectivity index (χ2n) is 8.30. The molecule has 0 radical (unpaired) electrons. The van der Waals surface area contributed by atoms with Gasteiger partial charge < -0.3 is 10.2 Å². The second-order valence-corrected chi connectivity index (χ2v) is 8.30. The lowest BCUT2D eigenvalue weighted by Crippen LogP contribution is -1.93. The van der Waals surface area contributed by atoms with Gasteiger partial charge in [0.15, 0.2) is 0 Å². The first-order chi connectivity index (χ1) is 14.0. The fraction of sp³-hybridized carbons (Fsp3) is 0.920. The van der Waals surface area contributed by atoms with Gasteiger partial charge in [0.1, 0.15) is 0 Å². The zero-order chi connectivity index (χ0) is 22.0. The van der Waals surface area contributed by atoms with E-state index in [1.54, 1.807) is 0 Å². The van der Waals surface area contributed by atoms with E-state index in [1.807, 2.05) is 0 Å². The lowest BCUT2D eigenvalue weighted by Gasteiger charge is -2.01. The lowest BCUT2D eigenvalue weighted by molar-refractivity contribution is -0.138. The van der Waals surface area contributed by atoms with Crippen LogP contribution in [0.3, 0.4) is 0 Å². The largest absolute Gasteiger partial charge is 0.481 e. The highest BCUT2D eigenvalue weighted by Crippen LogP contribution is 2.11. The number of carboxylic acid groups (broad SMARTS) is 2. The van der Waals surface area contributed by atoms with Gasteiger partial charge >= 0.3 is 11.9 Å². The molecular formula is C25H50O4. The molecule has 4 nitrogen and oxygen atoms in total. The average molecular weight is 415 g/mol. The first-order valence-corrected chi connectivity index (χ1v) is 12.5. The van der Waals surface area contributed by atoms with Crippen LogP contribution in [0.15, 0.2) is 0 Å². The van der Waals surface area contributed by atoms with Gasteiger partial charge in [0, 0.05) is 12.8 Å². The van der Waals surface area contributed by atoms with Crippen LogP contribution in [0.5, 0.6) is 0 Å². The van der Waals surface area contributed by atoms with E-state index in [4.69, 9.17) is 10.2 Å². The molecule has 0 bridgehead atoms. The fourth-order valence-corrected chi connectivity index (χ4v) is 3.35. The third-order valence-corrected chi connectivity index (χ3v) is 5.24. The summed E-state index contributed by atoms with van der Waals surface area (Å²) in [6, 6.07) is 0. The van der Waals surface area contributed by atoms with Gasteiger partial charge in [-0.15, -0.1) is 0 Å². The Bertz CT molecular complexity index is 342. The van der Waals surface area contributed by atoms with Crippen molar-refractivity contribution in [1.29, 1.82) is 0 Å². The van der Waals surface area contributed by atoms with Crippen LogP contribution in [0.25, 0.3) is 0 Å². The third kappa shape index (κ3) is 34.8. The molecule has 0 aliphatic rings. The number of rotatable bonds is 21. The zero-order valence-electron chi connectivity index (χ0n) is 19.6. The lowest BCUT2D eigenvalue weighted by atomic mass is 10.1. The zero-order valence-corrected chi connectivity index (χ0v) is 19.6. The Kier molecular flexibility index (Phi) is 28.0. The Balaban J connectivity index is 0. The molecule has 0 aromatic rings. The molecule has 174 valence electrons. The first kappa shape index (κ1) is 30.1. The summed E-state index contributed by atoms with van der Waals surface area (Å²) in [6.45, 7) is 4.47. The maximum atomic E-state index is 10.2. The highest BCUT2D eigenvalue weighted by molar-refractivity contribution is 5.66. The summed E-state index contributed by atoms with van der Waals surface area (Å²) in [7, 11) is 0. The van der Waals surface area contributed by atoms with Crippen molar-refractivity contribution in [3.63, 3.8) is 0 Å². The Morgan fingerprint density at radius 2 is 0.621 bits per heavy atom. The number of carboxylic acids is 2. The van der Waals surface area contributed by atoms with Gasteiger partial charge in [-0.25, -0.2) is 0 Å². The van der Waals surface area contributed by atoms with E-state index < -0.39 is 11.9 Å². The Morgan fingerprint density at radius 3 is 0.828 bits per heavy atom. The standard InChI is InChI=1S/C13H26O2.C12H24O2/c1-2-3-4-5-6-7-8-9-10-11-12-13(14)15;1-2-3-4-5-6-7-8-9-10-11-12(13)14/h2-12H2,1H3,(H,14,15);2-11H2,1H3,(H,13,14). The molecule has 0 amide bonds. The van der Waals surface area contributed by atoms with E-state index in [-0.39, 0.29) is 0 Å². The van der Waals surface area contributed by atoms with Crippen LogP contribution in [0.2, 0.25) is 0 Å². The average Bonchev–Trinajstić information content (AvgIpc) is 2.68. The molecule has 0 atom stereocenters. The van der Waals surface area contributed by atoms with Crippen molar-refractivity contribution in [3.8, 4) is 0 Å². The first-order valence-electron chi connectivity index (χ1n) is 12.5. The summed E-state index contributed by atoms with van der Waals surface area (Å²) in [5.41, 5.74) is 0. The number of carbonyl (C=O) groups is 2. The number of aliphatic carboxylic acids is 2. The van der Waals surface area contributed by atoms with Crippen LogP contribution in [-0.4, -0.2) is 22.2 Å². The highest BCUT2D eigenvalue weighted by atomic mass is 16.4. The molecule has 0 aromatic carbocycles. The van der Waals surface area contributed by atoms with Gasteiger partial charge in [0.2, 0.25) is 0 Å². The van der Waals surface area contributed by atoms with Gasteiger partial charge in [-0.3, -0.25) is 9.59 Å². The van der Waals surface area contributed by atoms with Crippen molar-refractivity contribution in [2.45, 2.75) is 149 Å². The summed E-state index contributed by atoms with van der Waals surface area (Å²) in [5.74, 6) is -1.32. The molecular weight excluding hydrogens is 364 g/mol. The molecule has 0 saturated carbocycles. The summed E-state index contributed by atoms with van der Waals surface area (Å²) in [5, 5.41) is 16.8. The smallest absolute Gasteiger partial charge is 0.303 e. The molecule has 0 aliphatic heterocycles. The van der Waals surface area contributed by atoms with Gasteiger partial charge in [-0.2, -0.15) is 0 Å². The normalized spacial score (nSPS) is 10.4. The van der Waals surface area contributed by atoms with E-state index in [0.717, 1.165) is 25.7 Å². The maximum Gasteiger partial charge on any atom is 0.303 e. The predicted octanol–water partition coefficient (Wildman–Crippen LogP) is 8.37. The molecule has 0 aromatic heterocycles. The molecule has 0 saturated heterocycles. The van der Waals surface area contributed by atoms with Gasteiger partial charge in [-0.1, -0.05) is 123 Å². The van der Waals surface area contributed by atoms with Crippen molar-refractivity contribution in [3.05, 3.63) is 0 Å². The molecule has 0 spiro atoms. The predicted molar refractivity (Wildman–Crippen MR) is 124 cm³/mol. The van der Waals surface area contributed by atoms with Crippen LogP contribution in [-0.2, 0) is 9.59 Å². The van der Waals surface area contributed by atoms with Crippen LogP contribution in [0, 0.1) is 0 Å². The number of unbranched alkanes of at least 4 members (excludes halogenated alkanes) is 17. The molecule has 2 N–H and O–H groups in total. The number of hydrogen-bond donors (Lipinski definition) is 2. The Hall–Kier alpha value is -1.06. The topological polar surface area (TPSA) is 74.6 Å². The van der Waals surface area contributed by atoms with Crippen molar-refractivity contribution in [2.75, 3.05) is 0 Å². The molecule has 0 unspecified atom stereocenters. The van der Waals surface area contributed by atoms with E-state index in [2.05, 4.69) is 13.8 Å². The molecule has 4 heteroatoms. The SMILES string of the molecule is CCCCCCCCCCCC(=O)O.CCCCCCCCCCCCC(=O)O. The fourth-order valence-electron chi connectivity index (χ4n) is 3.35. The van der Waals surface area contributed by atoms with E-state index >= 15 is 0 Å². The van der Waals surface area contributed by atoms with Gasteiger partial charge in [0.05, 0.1) is 0 Å². The number of hydrogen-bond acceptors (Lipinski definition) is 2. The van der Waals surface area contributed by atoms with Crippen molar-refractivity contribution in [2.24, 2.45) is 0 Å². The third-order valence-electron chi connectivity index (χ3n) is 5.24. The minimum atomic E-state index is -0.659. The van der Waals surface area contributed by atoms with Crippen molar-refractivity contribution >= 4 is 11.9 Å². The molecule has 0 aliphatic carbocycles. The van der Waals surface area contributed by atoms with Crippen LogP contribution in [0.1, 0.15) is 149 Å². The van der Waals surface area contributed by atoms with Crippen LogP contribution >= 0.6 is 0 Å². The van der Waals surface area contributed by atoms with Crippen molar-refractivity contribution < 1.29 is 19.8 Å². The summed E-state index contributed by atoms with van der Waals surface area (Å²) >= 11 is 0. The van der Waals surface area contributed by atoms with E-state index in [1.165, 1.54) is 96.3 Å². The van der Waals surface area contributed by atoms with Crippen LogP contribution in [0.4, 0.5) is 0 Å². The van der Waals surface area contributed by atoms with Crippen molar-refractivity contribution in [1.82, 2.24) is 0 Å². The summed E-state index contributed by atoms with van der Waals surface area (Å²) in [4.78, 5) is 20.4. The summed E-state index contributed by atoms with van der Waals surface area (Å²) in [6.07, 6.45) is 24.4. The summed E-state index contributed by atoms with van der Waals surface area (Å²) < 4.78 is 0. The molecule has 0 rings (SSSR count). The monoisotopic (exact) mass is 414 g/mol. The second kappa shape index (κ2) is 26.9. The maximum absolute atomic E-state index is 10.2. The van der Waals surface area contributed by atoms with Crippen LogP contribution < -0.4 is 0 Å². The molecule has 0 fully saturated rings. The van der Waals surface area contributed by atoms with Gasteiger partial charge in [-0.05, 0) is 12.8 Å². The Labute approximate surface area is 180 Å². The van der Waals surface area contributed by atoms with Gasteiger partial charge in [0.25, 0.3) is 0 Å². The minimum absolute atomic E-state index is 0.343. The highest BCUT2D eigenvalue weighted by Gasteiger charge is 1.97.